The summed E-state index contributed by atoms with van der Waals surface area (Å²) in [4.78, 5) is 14.3. The van der Waals surface area contributed by atoms with E-state index in [4.69, 9.17) is 9.47 Å². The molecule has 1 fully saturated rings. The van der Waals surface area contributed by atoms with E-state index in [1.165, 1.54) is 0 Å². The van der Waals surface area contributed by atoms with Crippen molar-refractivity contribution < 1.29 is 14.3 Å². The second-order valence-electron chi connectivity index (χ2n) is 4.59. The van der Waals surface area contributed by atoms with Crippen LogP contribution in [-0.4, -0.2) is 37.6 Å². The number of carbonyl (C=O) groups excluding carboxylic acids is 1. The summed E-state index contributed by atoms with van der Waals surface area (Å²) in [6.45, 7) is 2.92. The van der Waals surface area contributed by atoms with Crippen molar-refractivity contribution in [3.63, 3.8) is 0 Å². The first kappa shape index (κ1) is 12.7. The summed E-state index contributed by atoms with van der Waals surface area (Å²) in [6, 6.07) is 5.60. The summed E-state index contributed by atoms with van der Waals surface area (Å²) >= 11 is 0. The number of ether oxygens (including phenoxy) is 2. The SMILES string of the molecule is COc1cc(OC)cc(C(=O)N2CCCC2C)c1. The topological polar surface area (TPSA) is 38.8 Å². The standard InChI is InChI=1S/C14H19NO3/c1-10-5-4-6-15(10)14(16)11-7-12(17-2)9-13(8-11)18-3/h7-10H,4-6H2,1-3H3. The lowest BCUT2D eigenvalue weighted by atomic mass is 10.1. The Kier molecular flexibility index (Phi) is 3.75. The van der Waals surface area contributed by atoms with E-state index in [1.54, 1.807) is 32.4 Å². The molecule has 1 amide bonds. The highest BCUT2D eigenvalue weighted by atomic mass is 16.5. The zero-order valence-electron chi connectivity index (χ0n) is 11.1. The van der Waals surface area contributed by atoms with Crippen molar-refractivity contribution in [3.05, 3.63) is 23.8 Å². The van der Waals surface area contributed by atoms with Crippen LogP contribution in [0.15, 0.2) is 18.2 Å². The predicted octanol–water partition coefficient (Wildman–Crippen LogP) is 2.33. The molecule has 18 heavy (non-hydrogen) atoms. The molecule has 1 aromatic rings. The number of hydrogen-bond donors (Lipinski definition) is 0. The Bertz CT molecular complexity index is 422. The number of nitrogens with zero attached hydrogens (tertiary/aromatic N) is 1. The molecule has 1 atom stereocenters. The zero-order valence-corrected chi connectivity index (χ0v) is 11.1. The maximum Gasteiger partial charge on any atom is 0.254 e. The second kappa shape index (κ2) is 5.29. The molecule has 0 N–H and O–H groups in total. The minimum absolute atomic E-state index is 0.0530. The Morgan fingerprint density at radius 3 is 2.28 bits per heavy atom. The third kappa shape index (κ3) is 2.42. The van der Waals surface area contributed by atoms with Gasteiger partial charge < -0.3 is 14.4 Å². The molecule has 0 spiro atoms. The van der Waals surface area contributed by atoms with Gasteiger partial charge in [-0.25, -0.2) is 0 Å². The van der Waals surface area contributed by atoms with Crippen molar-refractivity contribution in [2.45, 2.75) is 25.8 Å². The fourth-order valence-electron chi connectivity index (χ4n) is 2.33. The maximum absolute atomic E-state index is 12.4. The van der Waals surface area contributed by atoms with E-state index in [2.05, 4.69) is 6.92 Å². The molecule has 1 aromatic carbocycles. The van der Waals surface area contributed by atoms with Crippen molar-refractivity contribution >= 4 is 5.91 Å². The van der Waals surface area contributed by atoms with Gasteiger partial charge in [0.2, 0.25) is 0 Å². The van der Waals surface area contributed by atoms with Gasteiger partial charge in [0.05, 0.1) is 14.2 Å². The Labute approximate surface area is 107 Å². The van der Waals surface area contributed by atoms with E-state index in [1.807, 2.05) is 4.90 Å². The third-order valence-corrected chi connectivity index (χ3v) is 3.41. The van der Waals surface area contributed by atoms with Gasteiger partial charge in [-0.1, -0.05) is 0 Å². The third-order valence-electron chi connectivity index (χ3n) is 3.41. The second-order valence-corrected chi connectivity index (χ2v) is 4.59. The molecule has 2 rings (SSSR count). The number of benzene rings is 1. The van der Waals surface area contributed by atoms with Crippen LogP contribution in [-0.2, 0) is 0 Å². The van der Waals surface area contributed by atoms with Gasteiger partial charge in [0.15, 0.2) is 0 Å². The monoisotopic (exact) mass is 249 g/mol. The zero-order chi connectivity index (χ0) is 13.1. The van der Waals surface area contributed by atoms with Gasteiger partial charge in [-0.2, -0.15) is 0 Å². The number of hydrogen-bond acceptors (Lipinski definition) is 3. The lowest BCUT2D eigenvalue weighted by molar-refractivity contribution is 0.0746. The molecule has 0 saturated carbocycles. The summed E-state index contributed by atoms with van der Waals surface area (Å²) < 4.78 is 10.4. The van der Waals surface area contributed by atoms with Gasteiger partial charge >= 0.3 is 0 Å². The number of carbonyl (C=O) groups is 1. The van der Waals surface area contributed by atoms with Crippen LogP contribution in [0, 0.1) is 0 Å². The molecule has 1 aliphatic heterocycles. The van der Waals surface area contributed by atoms with E-state index in [-0.39, 0.29) is 5.91 Å². The van der Waals surface area contributed by atoms with E-state index in [0.29, 0.717) is 23.1 Å². The van der Waals surface area contributed by atoms with Crippen LogP contribution in [0.2, 0.25) is 0 Å². The normalized spacial score (nSPS) is 18.8. The molecule has 98 valence electrons. The first-order valence-electron chi connectivity index (χ1n) is 6.19. The molecule has 0 radical (unpaired) electrons. The number of rotatable bonds is 3. The fraction of sp³-hybridized carbons (Fsp3) is 0.500. The average Bonchev–Trinajstić information content (AvgIpc) is 2.83. The van der Waals surface area contributed by atoms with E-state index in [0.717, 1.165) is 19.4 Å². The Balaban J connectivity index is 2.29. The Morgan fingerprint density at radius 2 is 1.83 bits per heavy atom. The molecule has 1 unspecified atom stereocenters. The molecule has 4 heteroatoms. The molecule has 4 nitrogen and oxygen atoms in total. The Hall–Kier alpha value is -1.71. The minimum atomic E-state index is 0.0530. The van der Waals surface area contributed by atoms with Crippen molar-refractivity contribution in [1.82, 2.24) is 4.90 Å². The highest BCUT2D eigenvalue weighted by molar-refractivity contribution is 5.95. The maximum atomic E-state index is 12.4. The van der Waals surface area contributed by atoms with Crippen LogP contribution < -0.4 is 9.47 Å². The number of likely N-dealkylation sites (tertiary alicyclic amines) is 1. The predicted molar refractivity (Wildman–Crippen MR) is 69.3 cm³/mol. The van der Waals surface area contributed by atoms with Crippen molar-refractivity contribution in [2.75, 3.05) is 20.8 Å². The van der Waals surface area contributed by atoms with Crippen LogP contribution >= 0.6 is 0 Å². The molecule has 0 aliphatic carbocycles. The Morgan fingerprint density at radius 1 is 1.22 bits per heavy atom. The van der Waals surface area contributed by atoms with E-state index in [9.17, 15) is 4.79 Å². The lowest BCUT2D eigenvalue weighted by Crippen LogP contribution is -2.33. The van der Waals surface area contributed by atoms with Gasteiger partial charge in [0.1, 0.15) is 11.5 Å². The first-order chi connectivity index (χ1) is 8.65. The van der Waals surface area contributed by atoms with Crippen LogP contribution in [0.3, 0.4) is 0 Å². The molecule has 0 aromatic heterocycles. The number of methoxy groups -OCH3 is 2. The number of amides is 1. The van der Waals surface area contributed by atoms with Crippen molar-refractivity contribution in [3.8, 4) is 11.5 Å². The molecule has 1 saturated heterocycles. The van der Waals surface area contributed by atoms with Crippen LogP contribution in [0.1, 0.15) is 30.1 Å². The molecule has 0 bridgehead atoms. The van der Waals surface area contributed by atoms with E-state index >= 15 is 0 Å². The van der Waals surface area contributed by atoms with Gasteiger partial charge in [-0.05, 0) is 31.9 Å². The van der Waals surface area contributed by atoms with E-state index < -0.39 is 0 Å². The van der Waals surface area contributed by atoms with Gasteiger partial charge in [0.25, 0.3) is 5.91 Å². The fourth-order valence-corrected chi connectivity index (χ4v) is 2.33. The molecule has 1 aliphatic rings. The molecule has 1 heterocycles. The highest BCUT2D eigenvalue weighted by Crippen LogP contribution is 2.26. The van der Waals surface area contributed by atoms with Crippen LogP contribution in [0.4, 0.5) is 0 Å². The van der Waals surface area contributed by atoms with Crippen LogP contribution in [0.25, 0.3) is 0 Å². The lowest BCUT2D eigenvalue weighted by Gasteiger charge is -2.21. The highest BCUT2D eigenvalue weighted by Gasteiger charge is 2.26. The van der Waals surface area contributed by atoms with Gasteiger partial charge in [0, 0.05) is 24.2 Å². The van der Waals surface area contributed by atoms with Gasteiger partial charge in [-0.15, -0.1) is 0 Å². The summed E-state index contributed by atoms with van der Waals surface area (Å²) in [7, 11) is 3.17. The minimum Gasteiger partial charge on any atom is -0.497 e. The van der Waals surface area contributed by atoms with Crippen molar-refractivity contribution in [1.29, 1.82) is 0 Å². The summed E-state index contributed by atoms with van der Waals surface area (Å²) in [5, 5.41) is 0. The smallest absolute Gasteiger partial charge is 0.254 e. The average molecular weight is 249 g/mol. The summed E-state index contributed by atoms with van der Waals surface area (Å²) in [6.07, 6.45) is 2.15. The van der Waals surface area contributed by atoms with Crippen molar-refractivity contribution in [2.24, 2.45) is 0 Å². The summed E-state index contributed by atoms with van der Waals surface area (Å²) in [5.41, 5.74) is 0.625. The van der Waals surface area contributed by atoms with Gasteiger partial charge in [-0.3, -0.25) is 4.79 Å². The molecular formula is C14H19NO3. The quantitative estimate of drug-likeness (QED) is 0.825. The summed E-state index contributed by atoms with van der Waals surface area (Å²) in [5.74, 6) is 1.34. The van der Waals surface area contributed by atoms with Crippen LogP contribution in [0.5, 0.6) is 11.5 Å². The first-order valence-corrected chi connectivity index (χ1v) is 6.19. The largest absolute Gasteiger partial charge is 0.497 e. The molecular weight excluding hydrogens is 230 g/mol.